The summed E-state index contributed by atoms with van der Waals surface area (Å²) in [6, 6.07) is 6.65. The molecule has 0 saturated carbocycles. The van der Waals surface area contributed by atoms with Crippen LogP contribution in [0.1, 0.15) is 20.3 Å². The average Bonchev–Trinajstić information content (AvgIpc) is 2.25. The molecule has 0 spiro atoms. The maximum Gasteiger partial charge on any atom is 0.255 e. The van der Waals surface area contributed by atoms with E-state index < -0.39 is 11.4 Å². The molecule has 5 N–H and O–H groups in total. The molecule has 2 amide bonds. The lowest BCUT2D eigenvalue weighted by atomic mass is 10.0. The molecule has 0 aliphatic heterocycles. The monoisotopic (exact) mass is 265 g/mol. The first-order valence-corrected chi connectivity index (χ1v) is 5.86. The number of amides is 2. The van der Waals surface area contributed by atoms with Gasteiger partial charge in [-0.2, -0.15) is 0 Å². The van der Waals surface area contributed by atoms with Gasteiger partial charge in [-0.3, -0.25) is 9.59 Å². The predicted molar refractivity (Wildman–Crippen MR) is 72.6 cm³/mol. The number of hydrogen-bond acceptors (Lipinski definition) is 4. The van der Waals surface area contributed by atoms with Crippen molar-refractivity contribution in [2.24, 2.45) is 11.5 Å². The summed E-state index contributed by atoms with van der Waals surface area (Å²) in [7, 11) is 0. The molecule has 1 rings (SSSR count). The lowest BCUT2D eigenvalue weighted by Gasteiger charge is -2.17. The topological polar surface area (TPSA) is 107 Å². The normalized spacial score (nSPS) is 10.9. The fourth-order valence-corrected chi connectivity index (χ4v) is 1.41. The zero-order chi connectivity index (χ0) is 14.5. The highest BCUT2D eigenvalue weighted by molar-refractivity contribution is 5.91. The molecule has 0 unspecified atom stereocenters. The molecule has 0 aliphatic carbocycles. The molecular formula is C13H19N3O3. The van der Waals surface area contributed by atoms with Crippen molar-refractivity contribution in [3.8, 4) is 5.75 Å². The number of anilines is 1. The van der Waals surface area contributed by atoms with Crippen LogP contribution in [0.3, 0.4) is 0 Å². The summed E-state index contributed by atoms with van der Waals surface area (Å²) < 4.78 is 5.10. The van der Waals surface area contributed by atoms with E-state index in [1.165, 1.54) is 0 Å². The molecule has 0 fully saturated rings. The molecular weight excluding hydrogens is 246 g/mol. The van der Waals surface area contributed by atoms with E-state index in [0.717, 1.165) is 0 Å². The van der Waals surface area contributed by atoms with Gasteiger partial charge in [-0.05, 0) is 38.1 Å². The summed E-state index contributed by atoms with van der Waals surface area (Å²) in [5.41, 5.74) is 10.8. The minimum Gasteiger partial charge on any atom is -0.484 e. The number of rotatable bonds is 6. The van der Waals surface area contributed by atoms with Gasteiger partial charge in [0.25, 0.3) is 5.91 Å². The zero-order valence-electron chi connectivity index (χ0n) is 11.1. The van der Waals surface area contributed by atoms with E-state index in [4.69, 9.17) is 16.2 Å². The van der Waals surface area contributed by atoms with E-state index in [0.29, 0.717) is 11.4 Å². The lowest BCUT2D eigenvalue weighted by molar-refractivity contribution is -0.120. The Kier molecular flexibility index (Phi) is 4.88. The highest BCUT2D eigenvalue weighted by Gasteiger charge is 2.16. The Bertz CT molecular complexity index is 449. The molecule has 0 heterocycles. The van der Waals surface area contributed by atoms with Crippen LogP contribution in [0.15, 0.2) is 24.3 Å². The zero-order valence-corrected chi connectivity index (χ0v) is 11.1. The molecule has 0 bridgehead atoms. The summed E-state index contributed by atoms with van der Waals surface area (Å²) in [6.45, 7) is 3.40. The number of carbonyl (C=O) groups is 2. The van der Waals surface area contributed by atoms with Crippen molar-refractivity contribution in [3.05, 3.63) is 24.3 Å². The molecule has 0 atom stereocenters. The fraction of sp³-hybridized carbons (Fsp3) is 0.385. The van der Waals surface area contributed by atoms with E-state index in [1.54, 1.807) is 38.1 Å². The van der Waals surface area contributed by atoms with E-state index in [-0.39, 0.29) is 18.9 Å². The van der Waals surface area contributed by atoms with Gasteiger partial charge in [0.2, 0.25) is 5.91 Å². The Balaban J connectivity index is 2.52. The largest absolute Gasteiger partial charge is 0.484 e. The van der Waals surface area contributed by atoms with Crippen molar-refractivity contribution in [3.63, 3.8) is 0 Å². The Morgan fingerprint density at radius 2 is 1.84 bits per heavy atom. The highest BCUT2D eigenvalue weighted by Crippen LogP contribution is 2.16. The minimum absolute atomic E-state index is 0.154. The SMILES string of the molecule is CC(C)(N)CC(=O)Nc1ccc(OCC(N)=O)cc1. The quantitative estimate of drug-likeness (QED) is 0.700. The van der Waals surface area contributed by atoms with Crippen molar-refractivity contribution in [1.29, 1.82) is 0 Å². The summed E-state index contributed by atoms with van der Waals surface area (Å²) >= 11 is 0. The summed E-state index contributed by atoms with van der Waals surface area (Å²) in [4.78, 5) is 22.2. The maximum atomic E-state index is 11.6. The van der Waals surface area contributed by atoms with Gasteiger partial charge in [0.15, 0.2) is 6.61 Å². The van der Waals surface area contributed by atoms with Crippen molar-refractivity contribution in [1.82, 2.24) is 0 Å². The standard InChI is InChI=1S/C13H19N3O3/c1-13(2,15)7-12(18)16-9-3-5-10(6-4-9)19-8-11(14)17/h3-6H,7-8,15H2,1-2H3,(H2,14,17)(H,16,18). The fourth-order valence-electron chi connectivity index (χ4n) is 1.41. The number of ether oxygens (including phenoxy) is 1. The van der Waals surface area contributed by atoms with Gasteiger partial charge in [0, 0.05) is 17.6 Å². The molecule has 19 heavy (non-hydrogen) atoms. The van der Waals surface area contributed by atoms with Crippen molar-refractivity contribution in [2.75, 3.05) is 11.9 Å². The molecule has 0 aromatic heterocycles. The summed E-state index contributed by atoms with van der Waals surface area (Å²) in [5, 5.41) is 2.72. The van der Waals surface area contributed by atoms with Crippen LogP contribution < -0.4 is 21.5 Å². The van der Waals surface area contributed by atoms with Gasteiger partial charge in [-0.15, -0.1) is 0 Å². The summed E-state index contributed by atoms with van der Waals surface area (Å²) in [5.74, 6) is -0.184. The number of carbonyl (C=O) groups excluding carboxylic acids is 2. The van der Waals surface area contributed by atoms with Gasteiger partial charge >= 0.3 is 0 Å². The number of nitrogens with two attached hydrogens (primary N) is 2. The van der Waals surface area contributed by atoms with Crippen LogP contribution in [0.4, 0.5) is 5.69 Å². The Hall–Kier alpha value is -2.08. The van der Waals surface area contributed by atoms with Crippen molar-refractivity contribution < 1.29 is 14.3 Å². The van der Waals surface area contributed by atoms with Crippen LogP contribution in [0.5, 0.6) is 5.75 Å². The molecule has 6 nitrogen and oxygen atoms in total. The number of hydrogen-bond donors (Lipinski definition) is 3. The first kappa shape index (κ1) is 15.0. The first-order chi connectivity index (χ1) is 8.76. The number of benzene rings is 1. The third-order valence-electron chi connectivity index (χ3n) is 2.14. The Morgan fingerprint density at radius 3 is 2.32 bits per heavy atom. The van der Waals surface area contributed by atoms with Crippen LogP contribution in [0.2, 0.25) is 0 Å². The molecule has 6 heteroatoms. The second kappa shape index (κ2) is 6.19. The van der Waals surface area contributed by atoms with Gasteiger partial charge in [0.1, 0.15) is 5.75 Å². The third kappa shape index (κ3) is 6.42. The van der Waals surface area contributed by atoms with Crippen LogP contribution in [-0.2, 0) is 9.59 Å². The highest BCUT2D eigenvalue weighted by atomic mass is 16.5. The molecule has 0 saturated heterocycles. The van der Waals surface area contributed by atoms with Gasteiger partial charge in [-0.25, -0.2) is 0 Å². The van der Waals surface area contributed by atoms with Crippen LogP contribution in [-0.4, -0.2) is 24.0 Å². The molecule has 0 radical (unpaired) electrons. The number of primary amides is 1. The second-order valence-electron chi connectivity index (χ2n) is 4.99. The van der Waals surface area contributed by atoms with E-state index >= 15 is 0 Å². The Labute approximate surface area is 112 Å². The van der Waals surface area contributed by atoms with Crippen molar-refractivity contribution >= 4 is 17.5 Å². The molecule has 104 valence electrons. The Morgan fingerprint density at radius 1 is 1.26 bits per heavy atom. The molecule has 1 aromatic rings. The smallest absolute Gasteiger partial charge is 0.255 e. The van der Waals surface area contributed by atoms with Gasteiger partial charge < -0.3 is 21.5 Å². The van der Waals surface area contributed by atoms with Gasteiger partial charge in [-0.1, -0.05) is 0 Å². The third-order valence-corrected chi connectivity index (χ3v) is 2.14. The minimum atomic E-state index is -0.547. The van der Waals surface area contributed by atoms with E-state index in [2.05, 4.69) is 5.32 Å². The van der Waals surface area contributed by atoms with Crippen molar-refractivity contribution in [2.45, 2.75) is 25.8 Å². The predicted octanol–water partition coefficient (Wildman–Crippen LogP) is 0.617. The average molecular weight is 265 g/mol. The molecule has 0 aliphatic rings. The van der Waals surface area contributed by atoms with Crippen LogP contribution in [0, 0.1) is 0 Å². The lowest BCUT2D eigenvalue weighted by Crippen LogP contribution is -2.36. The van der Waals surface area contributed by atoms with E-state index in [9.17, 15) is 9.59 Å². The van der Waals surface area contributed by atoms with Crippen LogP contribution >= 0.6 is 0 Å². The second-order valence-corrected chi connectivity index (χ2v) is 4.99. The maximum absolute atomic E-state index is 11.6. The van der Waals surface area contributed by atoms with Gasteiger partial charge in [0.05, 0.1) is 0 Å². The summed E-state index contributed by atoms with van der Waals surface area (Å²) in [6.07, 6.45) is 0.229. The van der Waals surface area contributed by atoms with Crippen LogP contribution in [0.25, 0.3) is 0 Å². The van der Waals surface area contributed by atoms with E-state index in [1.807, 2.05) is 0 Å². The number of nitrogens with one attached hydrogen (secondary N) is 1. The molecule has 1 aromatic carbocycles. The first-order valence-electron chi connectivity index (χ1n) is 5.86.